The summed E-state index contributed by atoms with van der Waals surface area (Å²) in [5.41, 5.74) is 3.52. The number of benzene rings is 1. The van der Waals surface area contributed by atoms with Crippen LogP contribution in [-0.4, -0.2) is 10.9 Å². The van der Waals surface area contributed by atoms with E-state index in [-0.39, 0.29) is 51.4 Å². The van der Waals surface area contributed by atoms with Gasteiger partial charge in [0.2, 0.25) is 0 Å². The summed E-state index contributed by atoms with van der Waals surface area (Å²) < 4.78 is 0. The average Bonchev–Trinajstić information content (AvgIpc) is 2.38. The molecule has 0 radical (unpaired) electrons. The van der Waals surface area contributed by atoms with Gasteiger partial charge in [0.25, 0.3) is 0 Å². The van der Waals surface area contributed by atoms with Gasteiger partial charge in [-0.3, -0.25) is 0 Å². The summed E-state index contributed by atoms with van der Waals surface area (Å²) in [5.74, 6) is 0. The topological polar surface area (TPSA) is 50.5 Å². The largest absolute Gasteiger partial charge is 1.00 e. The summed E-state index contributed by atoms with van der Waals surface area (Å²) in [6.45, 7) is 0. The molecule has 4 nitrogen and oxygen atoms in total. The van der Waals surface area contributed by atoms with E-state index in [4.69, 9.17) is 0 Å². The summed E-state index contributed by atoms with van der Waals surface area (Å²) in [7, 11) is 0. The van der Waals surface area contributed by atoms with Crippen molar-refractivity contribution in [1.82, 2.24) is 5.43 Å². The van der Waals surface area contributed by atoms with Gasteiger partial charge in [-0.2, -0.15) is 5.43 Å². The maximum atomic E-state index is 11.6. The van der Waals surface area contributed by atoms with Crippen LogP contribution in [0.4, 0.5) is 5.69 Å². The predicted molar refractivity (Wildman–Crippen MR) is 62.2 cm³/mol. The number of nitrogens with zero attached hydrogens (tertiary/aromatic N) is 2. The zero-order valence-corrected chi connectivity index (χ0v) is 13.4. The van der Waals surface area contributed by atoms with Crippen LogP contribution in [0, 0.1) is 5.21 Å². The SMILES string of the molecule is [K+].[O-]/[N+](=N\NC1CCCCC1)c1ccccc1. The molecule has 0 heterocycles. The van der Waals surface area contributed by atoms with E-state index in [1.807, 2.05) is 18.2 Å². The number of hydrogen-bond acceptors (Lipinski definition) is 2. The van der Waals surface area contributed by atoms with Crippen molar-refractivity contribution in [2.75, 3.05) is 0 Å². The zero-order chi connectivity index (χ0) is 11.2. The van der Waals surface area contributed by atoms with Gasteiger partial charge in [0.15, 0.2) is 5.69 Å². The molecule has 0 spiro atoms. The molecule has 17 heavy (non-hydrogen) atoms. The number of hydrogen-bond donors (Lipinski definition) is 1. The number of nitrogens with one attached hydrogen (secondary N) is 1. The van der Waals surface area contributed by atoms with Crippen molar-refractivity contribution in [3.63, 3.8) is 0 Å². The molecule has 1 aromatic rings. The van der Waals surface area contributed by atoms with Crippen LogP contribution in [0.1, 0.15) is 32.1 Å². The Labute approximate surface area is 144 Å². The Bertz CT molecular complexity index is 350. The second kappa shape index (κ2) is 8.21. The molecule has 0 aromatic heterocycles. The maximum Gasteiger partial charge on any atom is 1.00 e. The van der Waals surface area contributed by atoms with Crippen LogP contribution in [-0.2, 0) is 0 Å². The van der Waals surface area contributed by atoms with Crippen LogP contribution in [0.5, 0.6) is 0 Å². The smallest absolute Gasteiger partial charge is 0.691 e. The second-order valence-electron chi connectivity index (χ2n) is 4.17. The van der Waals surface area contributed by atoms with Gasteiger partial charge in [-0.05, 0) is 37.8 Å². The minimum atomic E-state index is 0. The fourth-order valence-electron chi connectivity index (χ4n) is 1.98. The van der Waals surface area contributed by atoms with Gasteiger partial charge in [-0.1, -0.05) is 24.6 Å². The van der Waals surface area contributed by atoms with E-state index in [1.165, 1.54) is 19.3 Å². The minimum Gasteiger partial charge on any atom is -0.691 e. The Hall–Kier alpha value is 0.0564. The molecule has 0 saturated heterocycles. The maximum absolute atomic E-state index is 11.6. The third-order valence-corrected chi connectivity index (χ3v) is 2.91. The first kappa shape index (κ1) is 15.1. The van der Waals surface area contributed by atoms with E-state index in [2.05, 4.69) is 10.6 Å². The minimum absolute atomic E-state index is 0. The van der Waals surface area contributed by atoms with Crippen LogP contribution in [0.25, 0.3) is 0 Å². The molecule has 0 unspecified atom stereocenters. The molecule has 1 N–H and O–H groups in total. The van der Waals surface area contributed by atoms with Crippen LogP contribution < -0.4 is 56.8 Å². The van der Waals surface area contributed by atoms with Crippen LogP contribution in [0.3, 0.4) is 0 Å². The third kappa shape index (κ3) is 5.05. The Kier molecular flexibility index (Phi) is 7.30. The zero-order valence-electron chi connectivity index (χ0n) is 10.3. The van der Waals surface area contributed by atoms with Crippen molar-refractivity contribution in [1.29, 1.82) is 0 Å². The third-order valence-electron chi connectivity index (χ3n) is 2.91. The fraction of sp³-hybridized carbons (Fsp3) is 0.500. The molecule has 1 aliphatic rings. The molecule has 86 valence electrons. The van der Waals surface area contributed by atoms with E-state index in [0.29, 0.717) is 16.6 Å². The molecule has 1 aromatic carbocycles. The Morgan fingerprint density at radius 1 is 1.12 bits per heavy atom. The second-order valence-corrected chi connectivity index (χ2v) is 4.17. The molecule has 5 heteroatoms. The van der Waals surface area contributed by atoms with Crippen LogP contribution in [0.2, 0.25) is 0 Å². The molecule has 0 bridgehead atoms. The summed E-state index contributed by atoms with van der Waals surface area (Å²) in [6, 6.07) is 9.41. The van der Waals surface area contributed by atoms with E-state index >= 15 is 0 Å². The fourth-order valence-corrected chi connectivity index (χ4v) is 1.98. The van der Waals surface area contributed by atoms with Crippen LogP contribution >= 0.6 is 0 Å². The van der Waals surface area contributed by atoms with E-state index in [0.717, 1.165) is 12.8 Å². The molecule has 1 aliphatic carbocycles. The summed E-state index contributed by atoms with van der Waals surface area (Å²) in [4.78, 5) is 0.647. The molecule has 0 atom stereocenters. The molecular weight excluding hydrogens is 241 g/mol. The van der Waals surface area contributed by atoms with Crippen molar-refractivity contribution >= 4 is 5.69 Å². The standard InChI is InChI=1S/C12H17N3O.K/c16-15(12-9-5-2-6-10-12)14-13-11-7-3-1-4-8-11;/h2,5-6,9-11,13H,1,3-4,7-8H2;/q;+1/b15-14-;. The van der Waals surface area contributed by atoms with E-state index in [1.54, 1.807) is 12.1 Å². The summed E-state index contributed by atoms with van der Waals surface area (Å²) >= 11 is 0. The number of rotatable bonds is 3. The van der Waals surface area contributed by atoms with Gasteiger partial charge in [0.1, 0.15) is 6.04 Å². The van der Waals surface area contributed by atoms with Gasteiger partial charge in [-0.15, -0.1) is 4.86 Å². The molecule has 1 fully saturated rings. The van der Waals surface area contributed by atoms with Gasteiger partial charge in [0.05, 0.1) is 5.22 Å². The molecule has 0 aliphatic heterocycles. The first-order valence-corrected chi connectivity index (χ1v) is 5.85. The first-order valence-electron chi connectivity index (χ1n) is 5.85. The molecule has 1 saturated carbocycles. The van der Waals surface area contributed by atoms with Gasteiger partial charge in [0, 0.05) is 0 Å². The van der Waals surface area contributed by atoms with Crippen molar-refractivity contribution in [2.24, 2.45) is 5.22 Å². The molecule has 0 amide bonds. The van der Waals surface area contributed by atoms with Gasteiger partial charge in [-0.25, -0.2) is 0 Å². The Balaban J connectivity index is 0.00000144. The summed E-state index contributed by atoms with van der Waals surface area (Å²) in [6.07, 6.45) is 6.00. The molecular formula is C12H17KN3O+. The number of para-hydroxylation sites is 1. The van der Waals surface area contributed by atoms with Crippen molar-refractivity contribution in [3.8, 4) is 0 Å². The normalized spacial score (nSPS) is 17.3. The van der Waals surface area contributed by atoms with Crippen molar-refractivity contribution in [2.45, 2.75) is 38.1 Å². The average molecular weight is 258 g/mol. The Morgan fingerprint density at radius 2 is 1.76 bits per heavy atom. The van der Waals surface area contributed by atoms with Crippen molar-refractivity contribution in [3.05, 3.63) is 35.5 Å². The van der Waals surface area contributed by atoms with Crippen LogP contribution in [0.15, 0.2) is 35.6 Å². The van der Waals surface area contributed by atoms with E-state index in [9.17, 15) is 5.21 Å². The first-order chi connectivity index (χ1) is 7.86. The van der Waals surface area contributed by atoms with E-state index < -0.39 is 0 Å². The monoisotopic (exact) mass is 258 g/mol. The van der Waals surface area contributed by atoms with Gasteiger partial charge >= 0.3 is 51.4 Å². The Morgan fingerprint density at radius 3 is 2.41 bits per heavy atom. The predicted octanol–water partition coefficient (Wildman–Crippen LogP) is 0.122. The summed E-state index contributed by atoms with van der Waals surface area (Å²) in [5, 5.41) is 15.4. The molecule has 2 rings (SSSR count). The quantitative estimate of drug-likeness (QED) is 0.362. The van der Waals surface area contributed by atoms with Gasteiger partial charge < -0.3 is 5.21 Å². The van der Waals surface area contributed by atoms with Crippen molar-refractivity contribution < 1.29 is 56.2 Å².